The van der Waals surface area contributed by atoms with Gasteiger partial charge >= 0.3 is 0 Å². The molecule has 4 heteroatoms. The van der Waals surface area contributed by atoms with E-state index in [1.165, 1.54) is 17.9 Å². The fourth-order valence-electron chi connectivity index (χ4n) is 2.33. The zero-order valence-corrected chi connectivity index (χ0v) is 11.3. The summed E-state index contributed by atoms with van der Waals surface area (Å²) in [7, 11) is 0. The van der Waals surface area contributed by atoms with E-state index in [1.54, 1.807) is 0 Å². The zero-order chi connectivity index (χ0) is 12.3. The molecule has 17 heavy (non-hydrogen) atoms. The van der Waals surface area contributed by atoms with Gasteiger partial charge in [0.2, 0.25) is 0 Å². The molecule has 2 heterocycles. The summed E-state index contributed by atoms with van der Waals surface area (Å²) in [6, 6.07) is 0. The van der Waals surface area contributed by atoms with Crippen LogP contribution in [0, 0.1) is 0 Å². The molecule has 1 aliphatic heterocycles. The highest BCUT2D eigenvalue weighted by molar-refractivity contribution is 7.99. The second kappa shape index (κ2) is 5.63. The highest BCUT2D eigenvalue weighted by Gasteiger charge is 2.24. The molecule has 0 radical (unpaired) electrons. The predicted octanol–water partition coefficient (Wildman–Crippen LogP) is 2.82. The first-order valence-corrected chi connectivity index (χ1v) is 7.46. The highest BCUT2D eigenvalue weighted by atomic mass is 32.2. The van der Waals surface area contributed by atoms with Gasteiger partial charge in [-0.25, -0.2) is 4.98 Å². The number of anilines is 1. The van der Waals surface area contributed by atoms with Gasteiger partial charge in [-0.15, -0.1) is 6.58 Å². The molecule has 2 rings (SSSR count). The van der Waals surface area contributed by atoms with Crippen LogP contribution < -0.4 is 5.73 Å². The summed E-state index contributed by atoms with van der Waals surface area (Å²) in [4.78, 5) is 4.78. The number of nitrogen functional groups attached to an aromatic ring is 1. The molecule has 0 spiro atoms. The predicted molar refractivity (Wildman–Crippen MR) is 75.5 cm³/mol. The largest absolute Gasteiger partial charge is 0.384 e. The molecule has 0 bridgehead atoms. The lowest BCUT2D eigenvalue weighted by molar-refractivity contribution is 0.721. The van der Waals surface area contributed by atoms with Crippen LogP contribution in [0.25, 0.3) is 0 Å². The molecule has 0 aliphatic carbocycles. The Kier molecular flexibility index (Phi) is 4.15. The summed E-state index contributed by atoms with van der Waals surface area (Å²) < 4.78 is 2.12. The van der Waals surface area contributed by atoms with Gasteiger partial charge in [0, 0.05) is 24.6 Å². The second-order valence-electron chi connectivity index (χ2n) is 4.51. The molecule has 1 aliphatic rings. The lowest BCUT2D eigenvalue weighted by Crippen LogP contribution is -2.07. The van der Waals surface area contributed by atoms with Gasteiger partial charge in [0.1, 0.15) is 11.6 Å². The van der Waals surface area contributed by atoms with Crippen LogP contribution in [0.5, 0.6) is 0 Å². The van der Waals surface area contributed by atoms with E-state index in [2.05, 4.69) is 18.1 Å². The van der Waals surface area contributed by atoms with E-state index in [0.29, 0.717) is 5.92 Å². The third-order valence-electron chi connectivity index (χ3n) is 3.22. The van der Waals surface area contributed by atoms with Crippen molar-refractivity contribution < 1.29 is 0 Å². The molecule has 1 saturated heterocycles. The minimum absolute atomic E-state index is 0.557. The van der Waals surface area contributed by atoms with Gasteiger partial charge in [0.25, 0.3) is 0 Å². The lowest BCUT2D eigenvalue weighted by Gasteiger charge is -2.08. The topological polar surface area (TPSA) is 43.8 Å². The molecule has 0 amide bonds. The molecule has 1 aromatic heterocycles. The molecule has 1 aromatic rings. The van der Waals surface area contributed by atoms with Gasteiger partial charge in [-0.3, -0.25) is 0 Å². The fraction of sp³-hybridized carbons (Fsp3) is 0.615. The number of imidazole rings is 1. The molecule has 1 unspecified atom stereocenters. The molecule has 3 nitrogen and oxygen atoms in total. The molecule has 0 saturated carbocycles. The van der Waals surface area contributed by atoms with Crippen molar-refractivity contribution in [2.24, 2.45) is 0 Å². The lowest BCUT2D eigenvalue weighted by atomic mass is 10.1. The summed E-state index contributed by atoms with van der Waals surface area (Å²) in [6.45, 7) is 6.74. The van der Waals surface area contributed by atoms with Gasteiger partial charge in [0.15, 0.2) is 0 Å². The number of aryl methyl sites for hydroxylation is 1. The Morgan fingerprint density at radius 2 is 2.47 bits per heavy atom. The van der Waals surface area contributed by atoms with Crippen molar-refractivity contribution in [2.75, 3.05) is 17.2 Å². The van der Waals surface area contributed by atoms with E-state index in [4.69, 9.17) is 10.7 Å². The number of aromatic nitrogens is 2. The molecular weight excluding hydrogens is 230 g/mol. The van der Waals surface area contributed by atoms with Crippen LogP contribution in [-0.2, 0) is 13.0 Å². The Hall–Kier alpha value is -0.900. The Morgan fingerprint density at radius 3 is 3.06 bits per heavy atom. The van der Waals surface area contributed by atoms with E-state index in [0.717, 1.165) is 36.7 Å². The third-order valence-corrected chi connectivity index (χ3v) is 4.38. The number of hydrogen-bond acceptors (Lipinski definition) is 3. The average Bonchev–Trinajstić information content (AvgIpc) is 2.92. The van der Waals surface area contributed by atoms with Crippen LogP contribution in [0.4, 0.5) is 5.82 Å². The van der Waals surface area contributed by atoms with Crippen molar-refractivity contribution in [3.8, 4) is 0 Å². The average molecular weight is 251 g/mol. The minimum Gasteiger partial charge on any atom is -0.384 e. The summed E-state index contributed by atoms with van der Waals surface area (Å²) in [5.74, 6) is 4.95. The van der Waals surface area contributed by atoms with Crippen molar-refractivity contribution in [1.29, 1.82) is 0 Å². The maximum absolute atomic E-state index is 6.24. The first kappa shape index (κ1) is 12.6. The van der Waals surface area contributed by atoms with Crippen molar-refractivity contribution in [3.05, 3.63) is 24.2 Å². The second-order valence-corrected chi connectivity index (χ2v) is 5.66. The highest BCUT2D eigenvalue weighted by Crippen LogP contribution is 2.35. The van der Waals surface area contributed by atoms with E-state index in [9.17, 15) is 0 Å². The Balaban J connectivity index is 2.32. The summed E-state index contributed by atoms with van der Waals surface area (Å²) in [5.41, 5.74) is 7.37. The number of nitrogens with zero attached hydrogens (tertiary/aromatic N) is 2. The smallest absolute Gasteiger partial charge is 0.127 e. The minimum atomic E-state index is 0.557. The summed E-state index contributed by atoms with van der Waals surface area (Å²) in [5, 5.41) is 0. The molecule has 0 aromatic carbocycles. The SMILES string of the molecule is C=CCn1c(CCC)nc(C2CCSC2)c1N. The summed E-state index contributed by atoms with van der Waals surface area (Å²) >= 11 is 2.00. The van der Waals surface area contributed by atoms with Crippen molar-refractivity contribution in [3.63, 3.8) is 0 Å². The third kappa shape index (κ3) is 2.51. The summed E-state index contributed by atoms with van der Waals surface area (Å²) in [6.07, 6.45) is 5.21. The normalized spacial score (nSPS) is 19.7. The number of rotatable bonds is 5. The van der Waals surface area contributed by atoms with Gasteiger partial charge < -0.3 is 10.3 Å². The van der Waals surface area contributed by atoms with Crippen molar-refractivity contribution in [2.45, 2.75) is 38.6 Å². The van der Waals surface area contributed by atoms with Gasteiger partial charge in [0.05, 0.1) is 5.69 Å². The van der Waals surface area contributed by atoms with Crippen LogP contribution in [0.15, 0.2) is 12.7 Å². The zero-order valence-electron chi connectivity index (χ0n) is 10.5. The van der Waals surface area contributed by atoms with Gasteiger partial charge in [-0.1, -0.05) is 13.0 Å². The Morgan fingerprint density at radius 1 is 1.65 bits per heavy atom. The van der Waals surface area contributed by atoms with Crippen LogP contribution in [-0.4, -0.2) is 21.1 Å². The van der Waals surface area contributed by atoms with Gasteiger partial charge in [-0.05, 0) is 18.6 Å². The van der Waals surface area contributed by atoms with Crippen LogP contribution >= 0.6 is 11.8 Å². The number of allylic oxidation sites excluding steroid dienone is 1. The molecule has 94 valence electrons. The monoisotopic (exact) mass is 251 g/mol. The van der Waals surface area contributed by atoms with E-state index in [-0.39, 0.29) is 0 Å². The molecule has 1 fully saturated rings. The number of thioether (sulfide) groups is 1. The maximum Gasteiger partial charge on any atom is 0.127 e. The van der Waals surface area contributed by atoms with E-state index in [1.807, 2.05) is 17.8 Å². The molecular formula is C13H21N3S. The van der Waals surface area contributed by atoms with Gasteiger partial charge in [-0.2, -0.15) is 11.8 Å². The van der Waals surface area contributed by atoms with Crippen LogP contribution in [0.3, 0.4) is 0 Å². The molecule has 1 atom stereocenters. The Bertz CT molecular complexity index is 392. The van der Waals surface area contributed by atoms with Crippen LogP contribution in [0.1, 0.15) is 37.2 Å². The van der Waals surface area contributed by atoms with Crippen molar-refractivity contribution >= 4 is 17.6 Å². The van der Waals surface area contributed by atoms with E-state index >= 15 is 0 Å². The first-order valence-electron chi connectivity index (χ1n) is 6.31. The standard InChI is InChI=1S/C13H21N3S/c1-3-5-11-15-12(10-6-8-17-9-10)13(14)16(11)7-4-2/h4,10H,2-3,5-9,14H2,1H3. The Labute approximate surface area is 107 Å². The van der Waals surface area contributed by atoms with Crippen molar-refractivity contribution in [1.82, 2.24) is 9.55 Å². The fourth-order valence-corrected chi connectivity index (χ4v) is 3.56. The first-order chi connectivity index (χ1) is 8.27. The maximum atomic E-state index is 6.24. The number of nitrogens with two attached hydrogens (primary N) is 1. The quantitative estimate of drug-likeness (QED) is 0.818. The van der Waals surface area contributed by atoms with Crippen LogP contribution in [0.2, 0.25) is 0 Å². The van der Waals surface area contributed by atoms with E-state index < -0.39 is 0 Å². The molecule has 2 N–H and O–H groups in total. The number of hydrogen-bond donors (Lipinski definition) is 1.